The number of anilines is 1. The summed E-state index contributed by atoms with van der Waals surface area (Å²) >= 11 is 5.23. The Kier molecular flexibility index (Phi) is 3.74. The van der Waals surface area contributed by atoms with Crippen LogP contribution in [0.25, 0.3) is 0 Å². The maximum Gasteiger partial charge on any atom is 0.185 e. The Bertz CT molecular complexity index is 266. The molecule has 0 saturated carbocycles. The molecule has 74 valence electrons. The van der Waals surface area contributed by atoms with Gasteiger partial charge in [-0.15, -0.1) is 11.3 Å². The van der Waals surface area contributed by atoms with Crippen molar-refractivity contribution in [3.05, 3.63) is 10.6 Å². The van der Waals surface area contributed by atoms with E-state index < -0.39 is 0 Å². The zero-order valence-electron chi connectivity index (χ0n) is 8.47. The lowest BCUT2D eigenvalue weighted by atomic mass is 10.4. The predicted molar refractivity (Wildman–Crippen MR) is 63.2 cm³/mol. The molecular formula is C9H15BrN2S. The Balaban J connectivity index is 2.82. The second-order valence-electron chi connectivity index (χ2n) is 3.25. The highest BCUT2D eigenvalue weighted by Crippen LogP contribution is 2.25. The third kappa shape index (κ3) is 2.44. The van der Waals surface area contributed by atoms with Crippen molar-refractivity contribution >= 4 is 32.4 Å². The van der Waals surface area contributed by atoms with Crippen molar-refractivity contribution in [3.63, 3.8) is 0 Å². The topological polar surface area (TPSA) is 16.1 Å². The minimum atomic E-state index is 0.491. The maximum absolute atomic E-state index is 4.50. The summed E-state index contributed by atoms with van der Waals surface area (Å²) in [6.07, 6.45) is 0. The lowest BCUT2D eigenvalue weighted by Crippen LogP contribution is -2.29. The van der Waals surface area contributed by atoms with E-state index in [1.165, 1.54) is 4.88 Å². The number of rotatable bonds is 3. The molecule has 0 aliphatic carbocycles. The Morgan fingerprint density at radius 1 is 1.54 bits per heavy atom. The van der Waals surface area contributed by atoms with Crippen molar-refractivity contribution in [3.8, 4) is 0 Å². The summed E-state index contributed by atoms with van der Waals surface area (Å²) in [5, 5.41) is 2.09. The molecule has 1 atom stereocenters. The van der Waals surface area contributed by atoms with Crippen LogP contribution in [0.3, 0.4) is 0 Å². The van der Waals surface area contributed by atoms with E-state index in [4.69, 9.17) is 0 Å². The number of halogens is 1. The summed E-state index contributed by atoms with van der Waals surface area (Å²) in [5.41, 5.74) is 1.15. The average molecular weight is 263 g/mol. The molecule has 2 nitrogen and oxygen atoms in total. The van der Waals surface area contributed by atoms with Crippen LogP contribution >= 0.6 is 27.3 Å². The van der Waals surface area contributed by atoms with Gasteiger partial charge in [0.2, 0.25) is 0 Å². The van der Waals surface area contributed by atoms with Crippen molar-refractivity contribution in [2.75, 3.05) is 17.3 Å². The molecule has 1 heterocycles. The summed E-state index contributed by atoms with van der Waals surface area (Å²) in [6, 6.07) is 0.491. The van der Waals surface area contributed by atoms with Crippen LogP contribution in [0.2, 0.25) is 0 Å². The highest BCUT2D eigenvalue weighted by atomic mass is 79.9. The van der Waals surface area contributed by atoms with Gasteiger partial charge in [0.25, 0.3) is 0 Å². The van der Waals surface area contributed by atoms with Crippen LogP contribution in [-0.2, 0) is 0 Å². The van der Waals surface area contributed by atoms with Crippen LogP contribution in [0.15, 0.2) is 0 Å². The highest BCUT2D eigenvalue weighted by molar-refractivity contribution is 9.09. The molecule has 0 bridgehead atoms. The molecule has 1 rings (SSSR count). The molecule has 0 spiro atoms. The minimum Gasteiger partial charge on any atom is -0.348 e. The van der Waals surface area contributed by atoms with Gasteiger partial charge in [0, 0.05) is 23.3 Å². The Morgan fingerprint density at radius 2 is 2.15 bits per heavy atom. The molecule has 0 aliphatic heterocycles. The van der Waals surface area contributed by atoms with Gasteiger partial charge in [-0.2, -0.15) is 0 Å². The largest absolute Gasteiger partial charge is 0.348 e. The third-order valence-electron chi connectivity index (χ3n) is 2.20. The molecule has 0 aliphatic rings. The van der Waals surface area contributed by atoms with Crippen LogP contribution in [0.1, 0.15) is 17.5 Å². The van der Waals surface area contributed by atoms with Gasteiger partial charge in [-0.3, -0.25) is 0 Å². The second kappa shape index (κ2) is 4.42. The van der Waals surface area contributed by atoms with Crippen LogP contribution < -0.4 is 4.90 Å². The van der Waals surface area contributed by atoms with Gasteiger partial charge >= 0.3 is 0 Å². The molecule has 0 N–H and O–H groups in total. The first-order valence-electron chi connectivity index (χ1n) is 4.29. The molecule has 1 aromatic heterocycles. The third-order valence-corrected chi connectivity index (χ3v) is 4.30. The van der Waals surface area contributed by atoms with Gasteiger partial charge in [-0.05, 0) is 20.8 Å². The first kappa shape index (κ1) is 11.0. The normalized spacial score (nSPS) is 13.0. The maximum atomic E-state index is 4.50. The van der Waals surface area contributed by atoms with Crippen LogP contribution in [0.4, 0.5) is 5.13 Å². The number of alkyl halides is 1. The summed E-state index contributed by atoms with van der Waals surface area (Å²) in [5.74, 6) is 0. The van der Waals surface area contributed by atoms with E-state index in [1.54, 1.807) is 11.3 Å². The summed E-state index contributed by atoms with van der Waals surface area (Å²) in [6.45, 7) is 6.35. The van der Waals surface area contributed by atoms with Gasteiger partial charge in [-0.1, -0.05) is 15.9 Å². The predicted octanol–water partition coefficient (Wildman–Crippen LogP) is 2.98. The minimum absolute atomic E-state index is 0.491. The molecule has 0 saturated heterocycles. The van der Waals surface area contributed by atoms with E-state index in [9.17, 15) is 0 Å². The Labute approximate surface area is 92.1 Å². The first-order chi connectivity index (χ1) is 6.06. The van der Waals surface area contributed by atoms with E-state index in [-0.39, 0.29) is 0 Å². The lowest BCUT2D eigenvalue weighted by Gasteiger charge is -2.21. The Hall–Kier alpha value is -0.0900. The second-order valence-corrected chi connectivity index (χ2v) is 5.08. The van der Waals surface area contributed by atoms with Gasteiger partial charge in [0.05, 0.1) is 5.69 Å². The SMILES string of the molecule is Cc1nc(N(C)C(C)CBr)sc1C. The molecule has 0 amide bonds. The van der Waals surface area contributed by atoms with E-state index in [0.717, 1.165) is 16.2 Å². The van der Waals surface area contributed by atoms with Gasteiger partial charge in [0.15, 0.2) is 5.13 Å². The first-order valence-corrected chi connectivity index (χ1v) is 6.23. The molecular weight excluding hydrogens is 248 g/mol. The smallest absolute Gasteiger partial charge is 0.185 e. The fourth-order valence-electron chi connectivity index (χ4n) is 0.899. The monoisotopic (exact) mass is 262 g/mol. The number of aromatic nitrogens is 1. The van der Waals surface area contributed by atoms with Gasteiger partial charge in [-0.25, -0.2) is 4.98 Å². The molecule has 0 fully saturated rings. The molecule has 4 heteroatoms. The summed E-state index contributed by atoms with van der Waals surface area (Å²) in [4.78, 5) is 8.02. The van der Waals surface area contributed by atoms with E-state index in [2.05, 4.69) is 53.6 Å². The van der Waals surface area contributed by atoms with E-state index in [0.29, 0.717) is 6.04 Å². The quantitative estimate of drug-likeness (QED) is 0.779. The average Bonchev–Trinajstić information content (AvgIpc) is 2.44. The van der Waals surface area contributed by atoms with Crippen LogP contribution in [0.5, 0.6) is 0 Å². The number of nitrogens with zero attached hydrogens (tertiary/aromatic N) is 2. The van der Waals surface area contributed by atoms with Crippen LogP contribution in [0, 0.1) is 13.8 Å². The molecule has 0 radical (unpaired) electrons. The molecule has 1 unspecified atom stereocenters. The van der Waals surface area contributed by atoms with Crippen molar-refractivity contribution in [2.24, 2.45) is 0 Å². The van der Waals surface area contributed by atoms with Crippen molar-refractivity contribution < 1.29 is 0 Å². The lowest BCUT2D eigenvalue weighted by molar-refractivity contribution is 0.765. The number of hydrogen-bond donors (Lipinski definition) is 0. The standard InChI is InChI=1S/C9H15BrN2S/c1-6(5-10)12(4)9-11-7(2)8(3)13-9/h6H,5H2,1-4H3. The zero-order chi connectivity index (χ0) is 10.0. The fraction of sp³-hybridized carbons (Fsp3) is 0.667. The molecule has 1 aromatic rings. The zero-order valence-corrected chi connectivity index (χ0v) is 10.9. The van der Waals surface area contributed by atoms with E-state index in [1.807, 2.05) is 0 Å². The number of hydrogen-bond acceptors (Lipinski definition) is 3. The van der Waals surface area contributed by atoms with Crippen molar-refractivity contribution in [2.45, 2.75) is 26.8 Å². The number of thiazole rings is 1. The van der Waals surface area contributed by atoms with Crippen molar-refractivity contribution in [1.82, 2.24) is 4.98 Å². The van der Waals surface area contributed by atoms with Crippen LogP contribution in [-0.4, -0.2) is 23.4 Å². The van der Waals surface area contributed by atoms with Crippen molar-refractivity contribution in [1.29, 1.82) is 0 Å². The summed E-state index contributed by atoms with van der Waals surface area (Å²) in [7, 11) is 2.09. The van der Waals surface area contributed by atoms with E-state index >= 15 is 0 Å². The van der Waals surface area contributed by atoms with Gasteiger partial charge < -0.3 is 4.90 Å². The highest BCUT2D eigenvalue weighted by Gasteiger charge is 2.12. The summed E-state index contributed by atoms with van der Waals surface area (Å²) < 4.78 is 0. The molecule has 13 heavy (non-hydrogen) atoms. The van der Waals surface area contributed by atoms with Gasteiger partial charge in [0.1, 0.15) is 0 Å². The fourth-order valence-corrected chi connectivity index (χ4v) is 2.31. The Morgan fingerprint density at radius 3 is 2.54 bits per heavy atom. The number of aryl methyl sites for hydroxylation is 2. The molecule has 0 aromatic carbocycles.